The molecule has 0 radical (unpaired) electrons. The van der Waals surface area contributed by atoms with Gasteiger partial charge in [-0.05, 0) is 45.0 Å². The number of amides is 2. The molecular formula is C19H23N3O5. The minimum Gasteiger partial charge on any atom is -0.456 e. The fraction of sp³-hybridized carbons (Fsp3) is 0.368. The Labute approximate surface area is 157 Å². The van der Waals surface area contributed by atoms with Gasteiger partial charge in [-0.1, -0.05) is 6.07 Å². The molecule has 2 rings (SSSR count). The van der Waals surface area contributed by atoms with E-state index in [1.54, 1.807) is 45.2 Å². The molecule has 2 aromatic rings. The SMILES string of the molecule is CC(C)(C)OC(=O)NCCC(=O)OCC(=O)Nc1cccc2ncccc12. The van der Waals surface area contributed by atoms with Crippen LogP contribution in [0.3, 0.4) is 0 Å². The average Bonchev–Trinajstić information content (AvgIpc) is 2.59. The monoisotopic (exact) mass is 373 g/mol. The van der Waals surface area contributed by atoms with Crippen molar-refractivity contribution in [3.63, 3.8) is 0 Å². The minimum atomic E-state index is -0.613. The van der Waals surface area contributed by atoms with E-state index in [-0.39, 0.29) is 13.0 Å². The first kappa shape index (κ1) is 20.2. The smallest absolute Gasteiger partial charge is 0.407 e. The van der Waals surface area contributed by atoms with Crippen molar-refractivity contribution < 1.29 is 23.9 Å². The normalized spacial score (nSPS) is 10.9. The molecule has 27 heavy (non-hydrogen) atoms. The number of rotatable bonds is 6. The van der Waals surface area contributed by atoms with Crippen LogP contribution in [-0.2, 0) is 19.1 Å². The summed E-state index contributed by atoms with van der Waals surface area (Å²) in [7, 11) is 0. The Kier molecular flexibility index (Phi) is 6.70. The van der Waals surface area contributed by atoms with E-state index in [0.717, 1.165) is 10.9 Å². The number of nitrogens with one attached hydrogen (secondary N) is 2. The van der Waals surface area contributed by atoms with Crippen LogP contribution in [0.5, 0.6) is 0 Å². The summed E-state index contributed by atoms with van der Waals surface area (Å²) in [6, 6.07) is 8.97. The standard InChI is InChI=1S/C19H23N3O5/c1-19(2,3)27-18(25)21-11-9-17(24)26-12-16(23)22-15-8-4-7-14-13(15)6-5-10-20-14/h4-8,10H,9,11-12H2,1-3H3,(H,21,25)(H,22,23). The molecule has 1 aromatic carbocycles. The highest BCUT2D eigenvalue weighted by molar-refractivity contribution is 6.01. The largest absolute Gasteiger partial charge is 0.456 e. The third-order valence-corrected chi connectivity index (χ3v) is 3.28. The van der Waals surface area contributed by atoms with Crippen molar-refractivity contribution in [3.05, 3.63) is 36.5 Å². The van der Waals surface area contributed by atoms with Gasteiger partial charge in [-0.25, -0.2) is 4.79 Å². The van der Waals surface area contributed by atoms with Crippen molar-refractivity contribution in [2.45, 2.75) is 32.8 Å². The summed E-state index contributed by atoms with van der Waals surface area (Å²) in [5.41, 5.74) is 0.730. The van der Waals surface area contributed by atoms with E-state index in [4.69, 9.17) is 9.47 Å². The second-order valence-electron chi connectivity index (χ2n) is 6.76. The van der Waals surface area contributed by atoms with Gasteiger partial charge in [0.05, 0.1) is 17.6 Å². The number of esters is 1. The van der Waals surface area contributed by atoms with Crippen molar-refractivity contribution in [3.8, 4) is 0 Å². The zero-order valence-electron chi connectivity index (χ0n) is 15.6. The molecule has 0 spiro atoms. The predicted molar refractivity (Wildman–Crippen MR) is 100 cm³/mol. The lowest BCUT2D eigenvalue weighted by molar-refractivity contribution is -0.147. The topological polar surface area (TPSA) is 107 Å². The highest BCUT2D eigenvalue weighted by Crippen LogP contribution is 2.21. The molecule has 2 amide bonds. The third-order valence-electron chi connectivity index (χ3n) is 3.28. The first-order chi connectivity index (χ1) is 12.7. The molecule has 0 unspecified atom stereocenters. The Balaban J connectivity index is 1.73. The Hall–Kier alpha value is -3.16. The summed E-state index contributed by atoms with van der Waals surface area (Å²) in [6.07, 6.45) is 0.990. The van der Waals surface area contributed by atoms with Crippen LogP contribution in [0.1, 0.15) is 27.2 Å². The number of hydrogen-bond donors (Lipinski definition) is 2. The number of benzene rings is 1. The van der Waals surface area contributed by atoms with Crippen molar-refractivity contribution in [1.82, 2.24) is 10.3 Å². The van der Waals surface area contributed by atoms with Crippen LogP contribution in [-0.4, -0.2) is 41.7 Å². The zero-order chi connectivity index (χ0) is 19.9. The lowest BCUT2D eigenvalue weighted by Crippen LogP contribution is -2.34. The van der Waals surface area contributed by atoms with Crippen LogP contribution in [0.15, 0.2) is 36.5 Å². The molecular weight excluding hydrogens is 350 g/mol. The predicted octanol–water partition coefficient (Wildman–Crippen LogP) is 2.63. The van der Waals surface area contributed by atoms with Gasteiger partial charge < -0.3 is 20.1 Å². The summed E-state index contributed by atoms with van der Waals surface area (Å²) >= 11 is 0. The Bertz CT molecular complexity index is 824. The van der Waals surface area contributed by atoms with E-state index in [2.05, 4.69) is 15.6 Å². The average molecular weight is 373 g/mol. The van der Waals surface area contributed by atoms with E-state index in [9.17, 15) is 14.4 Å². The van der Waals surface area contributed by atoms with E-state index in [1.807, 2.05) is 12.1 Å². The summed E-state index contributed by atoms with van der Waals surface area (Å²) < 4.78 is 9.96. The van der Waals surface area contributed by atoms with E-state index in [0.29, 0.717) is 5.69 Å². The molecule has 0 fully saturated rings. The van der Waals surface area contributed by atoms with Crippen LogP contribution in [0, 0.1) is 0 Å². The second kappa shape index (κ2) is 8.98. The quantitative estimate of drug-likeness (QED) is 0.754. The number of carbonyl (C=O) groups excluding carboxylic acids is 3. The summed E-state index contributed by atoms with van der Waals surface area (Å²) in [5.74, 6) is -1.06. The van der Waals surface area contributed by atoms with Gasteiger partial charge in [-0.2, -0.15) is 0 Å². The molecule has 0 bridgehead atoms. The van der Waals surface area contributed by atoms with E-state index in [1.165, 1.54) is 0 Å². The molecule has 8 nitrogen and oxygen atoms in total. The van der Waals surface area contributed by atoms with Crippen LogP contribution in [0.25, 0.3) is 10.9 Å². The Morgan fingerprint density at radius 2 is 1.89 bits per heavy atom. The minimum absolute atomic E-state index is 0.0599. The maximum atomic E-state index is 12.0. The maximum absolute atomic E-state index is 12.0. The van der Waals surface area contributed by atoms with Gasteiger partial charge in [0.2, 0.25) is 0 Å². The summed E-state index contributed by atoms with van der Waals surface area (Å²) in [6.45, 7) is 4.87. The van der Waals surface area contributed by atoms with Gasteiger partial charge in [0, 0.05) is 18.1 Å². The lowest BCUT2D eigenvalue weighted by atomic mass is 10.2. The molecule has 0 saturated carbocycles. The summed E-state index contributed by atoms with van der Waals surface area (Å²) in [5, 5.41) is 5.94. The van der Waals surface area contributed by atoms with Crippen molar-refractivity contribution in [2.75, 3.05) is 18.5 Å². The van der Waals surface area contributed by atoms with Crippen molar-refractivity contribution in [1.29, 1.82) is 0 Å². The zero-order valence-corrected chi connectivity index (χ0v) is 15.6. The highest BCUT2D eigenvalue weighted by atomic mass is 16.6. The number of alkyl carbamates (subject to hydrolysis) is 1. The highest BCUT2D eigenvalue weighted by Gasteiger charge is 2.16. The molecule has 0 aliphatic carbocycles. The molecule has 0 saturated heterocycles. The number of fused-ring (bicyclic) bond motifs is 1. The number of anilines is 1. The molecule has 0 aliphatic heterocycles. The Morgan fingerprint density at radius 3 is 2.63 bits per heavy atom. The van der Waals surface area contributed by atoms with E-state index >= 15 is 0 Å². The fourth-order valence-corrected chi connectivity index (χ4v) is 2.20. The first-order valence-corrected chi connectivity index (χ1v) is 8.51. The number of pyridine rings is 1. The first-order valence-electron chi connectivity index (χ1n) is 8.51. The van der Waals surface area contributed by atoms with Crippen LogP contribution in [0.2, 0.25) is 0 Å². The molecule has 8 heteroatoms. The second-order valence-corrected chi connectivity index (χ2v) is 6.76. The van der Waals surface area contributed by atoms with Crippen LogP contribution in [0.4, 0.5) is 10.5 Å². The van der Waals surface area contributed by atoms with Gasteiger partial charge in [0.1, 0.15) is 5.60 Å². The van der Waals surface area contributed by atoms with Gasteiger partial charge in [-0.15, -0.1) is 0 Å². The number of carbonyl (C=O) groups is 3. The van der Waals surface area contributed by atoms with Crippen LogP contribution >= 0.6 is 0 Å². The third kappa shape index (κ3) is 6.93. The fourth-order valence-electron chi connectivity index (χ4n) is 2.20. The van der Waals surface area contributed by atoms with Gasteiger partial charge >= 0.3 is 12.1 Å². The van der Waals surface area contributed by atoms with Gasteiger partial charge in [0.15, 0.2) is 6.61 Å². The molecule has 2 N–H and O–H groups in total. The summed E-state index contributed by atoms with van der Waals surface area (Å²) in [4.78, 5) is 39.3. The molecule has 144 valence electrons. The maximum Gasteiger partial charge on any atom is 0.407 e. The van der Waals surface area contributed by atoms with Crippen LogP contribution < -0.4 is 10.6 Å². The molecule has 1 heterocycles. The Morgan fingerprint density at radius 1 is 1.11 bits per heavy atom. The number of hydrogen-bond acceptors (Lipinski definition) is 6. The van der Waals surface area contributed by atoms with Gasteiger partial charge in [0.25, 0.3) is 5.91 Å². The van der Waals surface area contributed by atoms with Gasteiger partial charge in [-0.3, -0.25) is 14.6 Å². The lowest BCUT2D eigenvalue weighted by Gasteiger charge is -2.19. The number of nitrogens with zero attached hydrogens (tertiary/aromatic N) is 1. The molecule has 0 atom stereocenters. The number of aromatic nitrogens is 1. The van der Waals surface area contributed by atoms with E-state index < -0.39 is 30.2 Å². The number of ether oxygens (including phenoxy) is 2. The van der Waals surface area contributed by atoms with Crippen molar-refractivity contribution in [2.24, 2.45) is 0 Å². The molecule has 1 aromatic heterocycles. The molecule has 0 aliphatic rings. The van der Waals surface area contributed by atoms with Crippen molar-refractivity contribution >= 4 is 34.6 Å².